The molecule has 1 aromatic rings. The van der Waals surface area contributed by atoms with E-state index in [0.717, 1.165) is 0 Å². The molecule has 0 heterocycles. The standard InChI is InChI=1S/C10H7ClF3N3O/c11-7-2-1-6(4-15)3-8(7)17-9(18)16-5-10(12,13)14/h1-3H,5H2,(H2,16,17,18). The Morgan fingerprint density at radius 3 is 2.67 bits per heavy atom. The summed E-state index contributed by atoms with van der Waals surface area (Å²) in [6, 6.07) is 4.80. The van der Waals surface area contributed by atoms with Crippen LogP contribution in [-0.2, 0) is 0 Å². The van der Waals surface area contributed by atoms with Gasteiger partial charge in [0.2, 0.25) is 0 Å². The number of rotatable bonds is 2. The lowest BCUT2D eigenvalue weighted by molar-refractivity contribution is -0.122. The zero-order valence-electron chi connectivity index (χ0n) is 8.81. The Hall–Kier alpha value is -1.94. The van der Waals surface area contributed by atoms with Gasteiger partial charge in [0, 0.05) is 0 Å². The molecule has 8 heteroatoms. The third-order valence-corrected chi connectivity index (χ3v) is 2.12. The van der Waals surface area contributed by atoms with Gasteiger partial charge in [0.25, 0.3) is 0 Å². The first kappa shape index (κ1) is 14.1. The van der Waals surface area contributed by atoms with Gasteiger partial charge >= 0.3 is 12.2 Å². The molecule has 0 atom stereocenters. The molecule has 0 aliphatic carbocycles. The van der Waals surface area contributed by atoms with Crippen molar-refractivity contribution in [2.45, 2.75) is 6.18 Å². The number of hydrogen-bond donors (Lipinski definition) is 2. The molecule has 0 aromatic heterocycles. The van der Waals surface area contributed by atoms with Crippen molar-refractivity contribution in [1.82, 2.24) is 5.32 Å². The Morgan fingerprint density at radius 1 is 1.44 bits per heavy atom. The molecule has 0 radical (unpaired) electrons. The molecule has 1 rings (SSSR count). The second-order valence-electron chi connectivity index (χ2n) is 3.23. The topological polar surface area (TPSA) is 64.9 Å². The van der Waals surface area contributed by atoms with E-state index in [4.69, 9.17) is 16.9 Å². The van der Waals surface area contributed by atoms with Crippen molar-refractivity contribution in [3.8, 4) is 6.07 Å². The van der Waals surface area contributed by atoms with Crippen molar-refractivity contribution in [1.29, 1.82) is 5.26 Å². The fourth-order valence-electron chi connectivity index (χ4n) is 1.04. The summed E-state index contributed by atoms with van der Waals surface area (Å²) in [4.78, 5) is 11.1. The van der Waals surface area contributed by atoms with Crippen molar-refractivity contribution < 1.29 is 18.0 Å². The Kier molecular flexibility index (Phi) is 4.39. The third-order valence-electron chi connectivity index (χ3n) is 1.79. The molecular formula is C10H7ClF3N3O. The van der Waals surface area contributed by atoms with E-state index in [9.17, 15) is 18.0 Å². The van der Waals surface area contributed by atoms with Crippen LogP contribution in [0.3, 0.4) is 0 Å². The van der Waals surface area contributed by atoms with E-state index in [1.54, 1.807) is 5.32 Å². The summed E-state index contributed by atoms with van der Waals surface area (Å²) in [5.41, 5.74) is 0.293. The van der Waals surface area contributed by atoms with Crippen LogP contribution in [0, 0.1) is 11.3 Å². The third kappa shape index (κ3) is 4.51. The van der Waals surface area contributed by atoms with Gasteiger partial charge in [-0.05, 0) is 18.2 Å². The molecule has 1 aromatic carbocycles. The molecule has 0 saturated heterocycles. The molecule has 0 spiro atoms. The van der Waals surface area contributed by atoms with E-state index < -0.39 is 18.8 Å². The average Bonchev–Trinajstić information content (AvgIpc) is 2.28. The summed E-state index contributed by atoms with van der Waals surface area (Å²) in [5.74, 6) is 0. The number of nitrogens with zero attached hydrogens (tertiary/aromatic N) is 1. The van der Waals surface area contributed by atoms with Gasteiger partial charge in [-0.2, -0.15) is 18.4 Å². The first-order valence-electron chi connectivity index (χ1n) is 4.63. The van der Waals surface area contributed by atoms with E-state index in [2.05, 4.69) is 5.32 Å². The van der Waals surface area contributed by atoms with E-state index in [1.807, 2.05) is 6.07 Å². The number of nitrogens with one attached hydrogen (secondary N) is 2. The number of anilines is 1. The van der Waals surface area contributed by atoms with Gasteiger partial charge in [-0.1, -0.05) is 11.6 Å². The summed E-state index contributed by atoms with van der Waals surface area (Å²) in [6.07, 6.45) is -4.49. The molecule has 0 saturated carbocycles. The Labute approximate surface area is 105 Å². The normalized spacial score (nSPS) is 10.6. The average molecular weight is 278 g/mol. The Morgan fingerprint density at radius 2 is 2.11 bits per heavy atom. The second kappa shape index (κ2) is 5.60. The number of carbonyl (C=O) groups is 1. The number of benzene rings is 1. The quantitative estimate of drug-likeness (QED) is 0.873. The number of urea groups is 1. The van der Waals surface area contributed by atoms with Crippen LogP contribution in [0.25, 0.3) is 0 Å². The van der Waals surface area contributed by atoms with Crippen molar-refractivity contribution in [2.75, 3.05) is 11.9 Å². The maximum Gasteiger partial charge on any atom is 0.405 e. The van der Waals surface area contributed by atoms with Gasteiger partial charge in [0.1, 0.15) is 6.54 Å². The van der Waals surface area contributed by atoms with E-state index in [1.165, 1.54) is 18.2 Å². The van der Waals surface area contributed by atoms with Crippen LogP contribution in [0.2, 0.25) is 5.02 Å². The fourth-order valence-corrected chi connectivity index (χ4v) is 1.20. The minimum Gasteiger partial charge on any atom is -0.329 e. The zero-order valence-corrected chi connectivity index (χ0v) is 9.56. The molecule has 0 bridgehead atoms. The summed E-state index contributed by atoms with van der Waals surface area (Å²) >= 11 is 5.71. The summed E-state index contributed by atoms with van der Waals surface area (Å²) in [5, 5.41) is 12.5. The Balaban J connectivity index is 2.68. The first-order valence-corrected chi connectivity index (χ1v) is 5.01. The van der Waals surface area contributed by atoms with Crippen LogP contribution >= 0.6 is 11.6 Å². The largest absolute Gasteiger partial charge is 0.405 e. The first-order chi connectivity index (χ1) is 8.31. The predicted octanol–water partition coefficient (Wildman–Crippen LogP) is 2.90. The molecule has 18 heavy (non-hydrogen) atoms. The molecule has 96 valence electrons. The molecule has 0 aliphatic rings. The van der Waals surface area contributed by atoms with Crippen LogP contribution in [-0.4, -0.2) is 18.8 Å². The SMILES string of the molecule is N#Cc1ccc(Cl)c(NC(=O)NCC(F)(F)F)c1. The van der Waals surface area contributed by atoms with Crippen LogP contribution < -0.4 is 10.6 Å². The minimum absolute atomic E-state index is 0.0652. The van der Waals surface area contributed by atoms with Gasteiger partial charge < -0.3 is 10.6 Å². The lowest BCUT2D eigenvalue weighted by Crippen LogP contribution is -2.36. The molecule has 2 amide bonds. The van der Waals surface area contributed by atoms with Crippen molar-refractivity contribution in [3.63, 3.8) is 0 Å². The van der Waals surface area contributed by atoms with Gasteiger partial charge in [-0.15, -0.1) is 0 Å². The van der Waals surface area contributed by atoms with Crippen LogP contribution in [0.5, 0.6) is 0 Å². The summed E-state index contributed by atoms with van der Waals surface area (Å²) < 4.78 is 35.5. The zero-order chi connectivity index (χ0) is 13.8. The van der Waals surface area contributed by atoms with Crippen molar-refractivity contribution in [2.24, 2.45) is 0 Å². The number of hydrogen-bond acceptors (Lipinski definition) is 2. The van der Waals surface area contributed by atoms with Gasteiger partial charge in [0.05, 0.1) is 22.3 Å². The molecule has 2 N–H and O–H groups in total. The Bertz CT molecular complexity index is 496. The molecule has 0 fully saturated rings. The maximum atomic E-state index is 11.8. The maximum absolute atomic E-state index is 11.8. The molecule has 0 unspecified atom stereocenters. The molecule has 4 nitrogen and oxygen atoms in total. The molecule has 0 aliphatic heterocycles. The lowest BCUT2D eigenvalue weighted by Gasteiger charge is -2.10. The predicted molar refractivity (Wildman–Crippen MR) is 59.2 cm³/mol. The van der Waals surface area contributed by atoms with Gasteiger partial charge in [-0.3, -0.25) is 0 Å². The highest BCUT2D eigenvalue weighted by molar-refractivity contribution is 6.33. The smallest absolute Gasteiger partial charge is 0.329 e. The number of halogens is 4. The monoisotopic (exact) mass is 277 g/mol. The van der Waals surface area contributed by atoms with E-state index in [-0.39, 0.29) is 16.3 Å². The van der Waals surface area contributed by atoms with E-state index >= 15 is 0 Å². The fraction of sp³-hybridized carbons (Fsp3) is 0.200. The number of amides is 2. The lowest BCUT2D eigenvalue weighted by atomic mass is 10.2. The van der Waals surface area contributed by atoms with Crippen molar-refractivity contribution in [3.05, 3.63) is 28.8 Å². The molecular weight excluding hydrogens is 271 g/mol. The number of carbonyl (C=O) groups excluding carboxylic acids is 1. The minimum atomic E-state index is -4.49. The summed E-state index contributed by atoms with van der Waals surface area (Å²) in [6.45, 7) is -1.45. The number of alkyl halides is 3. The second-order valence-corrected chi connectivity index (χ2v) is 3.64. The highest BCUT2D eigenvalue weighted by Crippen LogP contribution is 2.22. The number of nitriles is 1. The van der Waals surface area contributed by atoms with Gasteiger partial charge in [0.15, 0.2) is 0 Å². The van der Waals surface area contributed by atoms with Crippen LogP contribution in [0.15, 0.2) is 18.2 Å². The summed E-state index contributed by atoms with van der Waals surface area (Å²) in [7, 11) is 0. The highest BCUT2D eigenvalue weighted by atomic mass is 35.5. The van der Waals surface area contributed by atoms with Gasteiger partial charge in [-0.25, -0.2) is 4.79 Å². The van der Waals surface area contributed by atoms with Crippen LogP contribution in [0.1, 0.15) is 5.56 Å². The van der Waals surface area contributed by atoms with Crippen LogP contribution in [0.4, 0.5) is 23.7 Å². The van der Waals surface area contributed by atoms with Crippen molar-refractivity contribution >= 4 is 23.3 Å². The van der Waals surface area contributed by atoms with E-state index in [0.29, 0.717) is 0 Å². The highest BCUT2D eigenvalue weighted by Gasteiger charge is 2.27.